The van der Waals surface area contributed by atoms with E-state index in [2.05, 4.69) is 10.5 Å². The lowest BCUT2D eigenvalue weighted by atomic mass is 10.0. The maximum Gasteiger partial charge on any atom is 0.252 e. The number of carbonyl (C=O) groups is 1. The molecule has 1 aromatic carbocycles. The van der Waals surface area contributed by atoms with Gasteiger partial charge in [-0.1, -0.05) is 43.0 Å². The lowest BCUT2D eigenvalue weighted by Crippen LogP contribution is -2.25. The summed E-state index contributed by atoms with van der Waals surface area (Å²) >= 11 is 1.66. The molecule has 4 nitrogen and oxygen atoms in total. The molecule has 1 heterocycles. The molecule has 0 bridgehead atoms. The normalized spacial score (nSPS) is 14.7. The Bertz CT molecular complexity index is 716. The molecule has 26 heavy (non-hydrogen) atoms. The minimum absolute atomic E-state index is 0.0262. The highest BCUT2D eigenvalue weighted by Crippen LogP contribution is 2.29. The van der Waals surface area contributed by atoms with E-state index in [4.69, 9.17) is 4.52 Å². The van der Waals surface area contributed by atoms with Crippen LogP contribution in [0.25, 0.3) is 0 Å². The van der Waals surface area contributed by atoms with Crippen LogP contribution in [-0.2, 0) is 5.75 Å². The maximum absolute atomic E-state index is 12.6. The topological polar surface area (TPSA) is 55.1 Å². The highest BCUT2D eigenvalue weighted by atomic mass is 32.2. The second kappa shape index (κ2) is 9.26. The van der Waals surface area contributed by atoms with Crippen molar-refractivity contribution in [3.63, 3.8) is 0 Å². The van der Waals surface area contributed by atoms with E-state index in [1.165, 1.54) is 32.1 Å². The molecule has 2 aromatic rings. The van der Waals surface area contributed by atoms with Crippen molar-refractivity contribution in [3.8, 4) is 0 Å². The summed E-state index contributed by atoms with van der Waals surface area (Å²) in [6.45, 7) is 4.65. The minimum Gasteiger partial charge on any atom is -0.361 e. The van der Waals surface area contributed by atoms with E-state index in [1.807, 2.05) is 38.1 Å². The van der Waals surface area contributed by atoms with Crippen molar-refractivity contribution in [2.75, 3.05) is 6.54 Å². The predicted molar refractivity (Wildman–Crippen MR) is 106 cm³/mol. The van der Waals surface area contributed by atoms with Crippen LogP contribution in [-0.4, -0.2) is 17.6 Å². The molecule has 140 valence electrons. The molecule has 1 fully saturated rings. The van der Waals surface area contributed by atoms with Crippen molar-refractivity contribution in [2.45, 2.75) is 63.0 Å². The fraction of sp³-hybridized carbons (Fsp3) is 0.524. The molecule has 1 aliphatic rings. The fourth-order valence-electron chi connectivity index (χ4n) is 3.62. The summed E-state index contributed by atoms with van der Waals surface area (Å²) in [5.74, 6) is 2.51. The second-order valence-corrected chi connectivity index (χ2v) is 8.15. The van der Waals surface area contributed by atoms with Gasteiger partial charge in [0.2, 0.25) is 0 Å². The van der Waals surface area contributed by atoms with Gasteiger partial charge in [0, 0.05) is 22.8 Å². The molecule has 0 aliphatic heterocycles. The molecular formula is C21H28N2O2S. The van der Waals surface area contributed by atoms with E-state index < -0.39 is 0 Å². The van der Waals surface area contributed by atoms with Crippen molar-refractivity contribution < 1.29 is 9.32 Å². The highest BCUT2D eigenvalue weighted by molar-refractivity contribution is 7.98. The molecule has 0 saturated heterocycles. The smallest absolute Gasteiger partial charge is 0.252 e. The van der Waals surface area contributed by atoms with Crippen molar-refractivity contribution >= 4 is 17.7 Å². The van der Waals surface area contributed by atoms with E-state index in [-0.39, 0.29) is 5.91 Å². The van der Waals surface area contributed by atoms with Crippen LogP contribution in [0.4, 0.5) is 0 Å². The molecule has 1 aliphatic carbocycles. The fourth-order valence-corrected chi connectivity index (χ4v) is 4.83. The molecule has 0 radical (unpaired) electrons. The Morgan fingerprint density at radius 1 is 1.27 bits per heavy atom. The Balaban J connectivity index is 1.53. The Morgan fingerprint density at radius 2 is 2.04 bits per heavy atom. The van der Waals surface area contributed by atoms with Gasteiger partial charge in [-0.25, -0.2) is 0 Å². The summed E-state index contributed by atoms with van der Waals surface area (Å²) in [4.78, 5) is 13.6. The van der Waals surface area contributed by atoms with Gasteiger partial charge in [0.15, 0.2) is 0 Å². The summed E-state index contributed by atoms with van der Waals surface area (Å²) in [7, 11) is 0. The van der Waals surface area contributed by atoms with Gasteiger partial charge in [0.1, 0.15) is 5.76 Å². The molecule has 1 amide bonds. The summed E-state index contributed by atoms with van der Waals surface area (Å²) in [5, 5.41) is 7.10. The number of nitrogens with zero attached hydrogens (tertiary/aromatic N) is 1. The van der Waals surface area contributed by atoms with E-state index in [1.54, 1.807) is 11.8 Å². The maximum atomic E-state index is 12.6. The number of benzene rings is 1. The number of aromatic nitrogens is 1. The van der Waals surface area contributed by atoms with Crippen molar-refractivity contribution in [1.82, 2.24) is 10.5 Å². The molecule has 0 spiro atoms. The zero-order valence-corrected chi connectivity index (χ0v) is 16.5. The molecule has 3 rings (SSSR count). The molecular weight excluding hydrogens is 344 g/mol. The quantitative estimate of drug-likeness (QED) is 0.506. The summed E-state index contributed by atoms with van der Waals surface area (Å²) < 4.78 is 5.23. The number of amides is 1. The monoisotopic (exact) mass is 372 g/mol. The summed E-state index contributed by atoms with van der Waals surface area (Å²) in [6.07, 6.45) is 7.82. The average molecular weight is 373 g/mol. The lowest BCUT2D eigenvalue weighted by molar-refractivity contribution is 0.0949. The number of hydrogen-bond acceptors (Lipinski definition) is 4. The zero-order chi connectivity index (χ0) is 18.4. The Kier molecular flexibility index (Phi) is 6.78. The van der Waals surface area contributed by atoms with Crippen LogP contribution in [0.2, 0.25) is 0 Å². The van der Waals surface area contributed by atoms with Crippen molar-refractivity contribution in [3.05, 3.63) is 46.8 Å². The van der Waals surface area contributed by atoms with E-state index in [0.717, 1.165) is 52.1 Å². The number of carbonyl (C=O) groups excluding carboxylic acids is 1. The number of hydrogen-bond donors (Lipinski definition) is 1. The molecule has 0 unspecified atom stereocenters. The number of nitrogens with one attached hydrogen (secondary N) is 1. The van der Waals surface area contributed by atoms with Crippen molar-refractivity contribution in [1.29, 1.82) is 0 Å². The molecule has 0 atom stereocenters. The first-order valence-electron chi connectivity index (χ1n) is 9.57. The van der Waals surface area contributed by atoms with Crippen molar-refractivity contribution in [2.24, 2.45) is 5.92 Å². The molecule has 5 heteroatoms. The lowest BCUT2D eigenvalue weighted by Gasteiger charge is -2.11. The SMILES string of the molecule is Cc1noc(C)c1CSc1ccccc1C(=O)NCCCC1CCCC1. The third-order valence-electron chi connectivity index (χ3n) is 5.23. The van der Waals surface area contributed by atoms with E-state index >= 15 is 0 Å². The van der Waals surface area contributed by atoms with Gasteiger partial charge in [-0.15, -0.1) is 11.8 Å². The summed E-state index contributed by atoms with van der Waals surface area (Å²) in [6, 6.07) is 7.82. The third kappa shape index (κ3) is 4.91. The molecule has 1 aromatic heterocycles. The average Bonchev–Trinajstić information content (AvgIpc) is 3.27. The highest BCUT2D eigenvalue weighted by Gasteiger charge is 2.16. The first-order valence-corrected chi connectivity index (χ1v) is 10.6. The summed E-state index contributed by atoms with van der Waals surface area (Å²) in [5.41, 5.74) is 2.79. The van der Waals surface area contributed by atoms with Gasteiger partial charge in [-0.05, 0) is 44.7 Å². The second-order valence-electron chi connectivity index (χ2n) is 7.14. The third-order valence-corrected chi connectivity index (χ3v) is 6.33. The molecule has 1 saturated carbocycles. The number of thioether (sulfide) groups is 1. The van der Waals surface area contributed by atoms with E-state index in [0.29, 0.717) is 0 Å². The van der Waals surface area contributed by atoms with Crippen LogP contribution in [0, 0.1) is 19.8 Å². The number of rotatable bonds is 8. The van der Waals surface area contributed by atoms with Crippen LogP contribution in [0.3, 0.4) is 0 Å². The molecule has 1 N–H and O–H groups in total. The Morgan fingerprint density at radius 3 is 2.77 bits per heavy atom. The van der Waals surface area contributed by atoms with Crippen LogP contribution in [0.1, 0.15) is 65.9 Å². The van der Waals surface area contributed by atoms with E-state index in [9.17, 15) is 4.79 Å². The van der Waals surface area contributed by atoms with Gasteiger partial charge in [-0.3, -0.25) is 4.79 Å². The van der Waals surface area contributed by atoms with Gasteiger partial charge < -0.3 is 9.84 Å². The largest absolute Gasteiger partial charge is 0.361 e. The van der Waals surface area contributed by atoms with Crippen LogP contribution < -0.4 is 5.32 Å². The zero-order valence-electron chi connectivity index (χ0n) is 15.7. The van der Waals surface area contributed by atoms with Crippen LogP contribution in [0.5, 0.6) is 0 Å². The van der Waals surface area contributed by atoms with Gasteiger partial charge >= 0.3 is 0 Å². The van der Waals surface area contributed by atoms with Crippen LogP contribution in [0.15, 0.2) is 33.7 Å². The first-order chi connectivity index (χ1) is 12.6. The van der Waals surface area contributed by atoms with Gasteiger partial charge in [0.05, 0.1) is 11.3 Å². The Labute approximate surface area is 160 Å². The first kappa shape index (κ1) is 19.0. The predicted octanol–water partition coefficient (Wildman–Crippen LogP) is 5.28. The van der Waals surface area contributed by atoms with Crippen LogP contribution >= 0.6 is 11.8 Å². The number of aryl methyl sites for hydroxylation is 2. The Hall–Kier alpha value is -1.75. The van der Waals surface area contributed by atoms with Gasteiger partial charge in [-0.2, -0.15) is 0 Å². The van der Waals surface area contributed by atoms with Gasteiger partial charge in [0.25, 0.3) is 5.91 Å². The minimum atomic E-state index is 0.0262. The standard InChI is InChI=1S/C21H28N2O2S/c1-15-19(16(2)25-23-15)14-26-20-12-6-5-11-18(20)21(24)22-13-7-10-17-8-3-4-9-17/h5-6,11-12,17H,3-4,7-10,13-14H2,1-2H3,(H,22,24).